The molecule has 4 nitrogen and oxygen atoms in total. The summed E-state index contributed by atoms with van der Waals surface area (Å²) in [5.41, 5.74) is 2.07. The average Bonchev–Trinajstić information content (AvgIpc) is 3.15. The van der Waals surface area contributed by atoms with Crippen LogP contribution in [0.5, 0.6) is 0 Å². The fraction of sp³-hybridized carbons (Fsp3) is 0.111. The molecule has 22 heavy (non-hydrogen) atoms. The molecule has 4 heteroatoms. The summed E-state index contributed by atoms with van der Waals surface area (Å²) in [5.74, 6) is 0.932. The lowest BCUT2D eigenvalue weighted by Gasteiger charge is -2.00. The second-order valence-corrected chi connectivity index (χ2v) is 5.06. The van der Waals surface area contributed by atoms with E-state index in [1.165, 1.54) is 11.6 Å². The van der Waals surface area contributed by atoms with Crippen LogP contribution < -0.4 is 0 Å². The number of aromatic nitrogens is 2. The number of allylic oxidation sites excluding steroid dienone is 1. The molecule has 0 N–H and O–H groups in total. The van der Waals surface area contributed by atoms with Gasteiger partial charge in [-0.3, -0.25) is 9.48 Å². The highest BCUT2D eigenvalue weighted by molar-refractivity contribution is 6.04. The Kier molecular flexibility index (Phi) is 4.01. The number of ketones is 1. The molecule has 0 saturated carbocycles. The highest BCUT2D eigenvalue weighted by Crippen LogP contribution is 2.10. The zero-order valence-electron chi connectivity index (χ0n) is 12.3. The van der Waals surface area contributed by atoms with E-state index in [4.69, 9.17) is 4.42 Å². The van der Waals surface area contributed by atoms with Gasteiger partial charge in [0.1, 0.15) is 5.76 Å². The van der Waals surface area contributed by atoms with Crippen LogP contribution in [0.4, 0.5) is 0 Å². The molecule has 0 bridgehead atoms. The second kappa shape index (κ2) is 6.26. The minimum Gasteiger partial charge on any atom is -0.458 e. The van der Waals surface area contributed by atoms with E-state index in [2.05, 4.69) is 17.2 Å². The van der Waals surface area contributed by atoms with Crippen LogP contribution in [-0.2, 0) is 6.54 Å². The zero-order valence-corrected chi connectivity index (χ0v) is 12.3. The summed E-state index contributed by atoms with van der Waals surface area (Å²) in [7, 11) is 0. The molecule has 110 valence electrons. The molecule has 0 spiro atoms. The first kappa shape index (κ1) is 14.1. The number of carbonyl (C=O) groups excluding carboxylic acids is 1. The van der Waals surface area contributed by atoms with Crippen molar-refractivity contribution in [3.05, 3.63) is 83.6 Å². The molecule has 2 aromatic heterocycles. The summed E-state index contributed by atoms with van der Waals surface area (Å²) in [6.07, 6.45) is 6.89. The molecule has 0 amide bonds. The first-order valence-corrected chi connectivity index (χ1v) is 7.06. The first-order valence-electron chi connectivity index (χ1n) is 7.06. The van der Waals surface area contributed by atoms with Crippen molar-refractivity contribution in [1.82, 2.24) is 9.78 Å². The Labute approximate surface area is 128 Å². The van der Waals surface area contributed by atoms with E-state index >= 15 is 0 Å². The van der Waals surface area contributed by atoms with Crippen molar-refractivity contribution in [3.8, 4) is 0 Å². The number of aryl methyl sites for hydroxylation is 1. The normalized spacial score (nSPS) is 11.1. The van der Waals surface area contributed by atoms with Gasteiger partial charge in [-0.05, 0) is 36.8 Å². The molecule has 3 rings (SSSR count). The van der Waals surface area contributed by atoms with Crippen LogP contribution in [0.2, 0.25) is 0 Å². The molecular formula is C18H16N2O2. The van der Waals surface area contributed by atoms with Crippen LogP contribution in [0, 0.1) is 6.92 Å². The molecule has 0 aliphatic rings. The molecule has 1 aromatic carbocycles. The van der Waals surface area contributed by atoms with E-state index in [9.17, 15) is 4.79 Å². The largest absolute Gasteiger partial charge is 0.458 e. The predicted molar refractivity (Wildman–Crippen MR) is 84.6 cm³/mol. The van der Waals surface area contributed by atoms with Gasteiger partial charge in [-0.25, -0.2) is 0 Å². The number of hydrogen-bond acceptors (Lipinski definition) is 3. The van der Waals surface area contributed by atoms with Crippen molar-refractivity contribution in [3.63, 3.8) is 0 Å². The van der Waals surface area contributed by atoms with Crippen molar-refractivity contribution in [1.29, 1.82) is 0 Å². The summed E-state index contributed by atoms with van der Waals surface area (Å²) in [4.78, 5) is 11.9. The SMILES string of the molecule is Cc1ccc(C(=O)C=Cc2cnn(Cc3ccccc3)c2)o1. The Balaban J connectivity index is 1.66. The van der Waals surface area contributed by atoms with Gasteiger partial charge >= 0.3 is 0 Å². The van der Waals surface area contributed by atoms with Gasteiger partial charge in [0.25, 0.3) is 0 Å². The molecule has 0 aliphatic heterocycles. The monoisotopic (exact) mass is 292 g/mol. The number of benzene rings is 1. The number of furan rings is 1. The summed E-state index contributed by atoms with van der Waals surface area (Å²) in [5, 5.41) is 4.30. The lowest BCUT2D eigenvalue weighted by atomic mass is 10.2. The Morgan fingerprint density at radius 2 is 2.05 bits per heavy atom. The molecule has 0 radical (unpaired) electrons. The summed E-state index contributed by atoms with van der Waals surface area (Å²) in [6.45, 7) is 2.52. The Morgan fingerprint density at radius 3 is 2.77 bits per heavy atom. The molecule has 0 unspecified atom stereocenters. The van der Waals surface area contributed by atoms with Crippen LogP contribution in [0.25, 0.3) is 6.08 Å². The Morgan fingerprint density at radius 1 is 1.23 bits per heavy atom. The Hall–Kier alpha value is -2.88. The summed E-state index contributed by atoms with van der Waals surface area (Å²) in [6, 6.07) is 13.6. The van der Waals surface area contributed by atoms with E-state index in [0.29, 0.717) is 12.3 Å². The molecule has 2 heterocycles. The van der Waals surface area contributed by atoms with Gasteiger partial charge in [0.2, 0.25) is 5.78 Å². The molecular weight excluding hydrogens is 276 g/mol. The first-order chi connectivity index (χ1) is 10.7. The van der Waals surface area contributed by atoms with E-state index in [1.807, 2.05) is 36.0 Å². The fourth-order valence-corrected chi connectivity index (χ4v) is 2.14. The van der Waals surface area contributed by atoms with E-state index in [1.54, 1.807) is 24.4 Å². The maximum Gasteiger partial charge on any atom is 0.221 e. The van der Waals surface area contributed by atoms with E-state index in [0.717, 1.165) is 11.3 Å². The molecule has 0 saturated heterocycles. The Bertz CT molecular complexity index is 797. The highest BCUT2D eigenvalue weighted by atomic mass is 16.3. The lowest BCUT2D eigenvalue weighted by Crippen LogP contribution is -1.99. The van der Waals surface area contributed by atoms with Crippen molar-refractivity contribution in [2.75, 3.05) is 0 Å². The van der Waals surface area contributed by atoms with Crippen LogP contribution >= 0.6 is 0 Å². The number of hydrogen-bond donors (Lipinski definition) is 0. The van der Waals surface area contributed by atoms with Crippen LogP contribution in [0.1, 0.15) is 27.4 Å². The van der Waals surface area contributed by atoms with Crippen molar-refractivity contribution < 1.29 is 9.21 Å². The van der Waals surface area contributed by atoms with Gasteiger partial charge in [-0.1, -0.05) is 30.3 Å². The van der Waals surface area contributed by atoms with Crippen molar-refractivity contribution in [2.45, 2.75) is 13.5 Å². The van der Waals surface area contributed by atoms with E-state index < -0.39 is 0 Å². The molecule has 0 aliphatic carbocycles. The van der Waals surface area contributed by atoms with Gasteiger partial charge in [-0.2, -0.15) is 5.10 Å². The summed E-state index contributed by atoms with van der Waals surface area (Å²) >= 11 is 0. The van der Waals surface area contributed by atoms with Gasteiger partial charge in [0, 0.05) is 11.8 Å². The van der Waals surface area contributed by atoms with Crippen LogP contribution in [0.3, 0.4) is 0 Å². The second-order valence-electron chi connectivity index (χ2n) is 5.06. The van der Waals surface area contributed by atoms with Crippen LogP contribution in [-0.4, -0.2) is 15.6 Å². The maximum atomic E-state index is 11.9. The maximum absolute atomic E-state index is 11.9. The smallest absolute Gasteiger partial charge is 0.221 e. The molecule has 0 atom stereocenters. The third kappa shape index (κ3) is 3.41. The van der Waals surface area contributed by atoms with Crippen LogP contribution in [0.15, 0.2) is 65.4 Å². The summed E-state index contributed by atoms with van der Waals surface area (Å²) < 4.78 is 7.14. The van der Waals surface area contributed by atoms with Gasteiger partial charge in [-0.15, -0.1) is 0 Å². The third-order valence-electron chi connectivity index (χ3n) is 3.25. The third-order valence-corrected chi connectivity index (χ3v) is 3.25. The lowest BCUT2D eigenvalue weighted by molar-refractivity contribution is 0.102. The van der Waals surface area contributed by atoms with Crippen molar-refractivity contribution in [2.24, 2.45) is 0 Å². The van der Waals surface area contributed by atoms with E-state index in [-0.39, 0.29) is 5.78 Å². The average molecular weight is 292 g/mol. The van der Waals surface area contributed by atoms with Gasteiger partial charge in [0.05, 0.1) is 12.7 Å². The quantitative estimate of drug-likeness (QED) is 0.532. The van der Waals surface area contributed by atoms with Crippen molar-refractivity contribution >= 4 is 11.9 Å². The fourth-order valence-electron chi connectivity index (χ4n) is 2.14. The topological polar surface area (TPSA) is 48.0 Å². The standard InChI is InChI=1S/C18H16N2O2/c1-14-7-10-18(22-14)17(21)9-8-16-11-19-20(13-16)12-15-5-3-2-4-6-15/h2-11,13H,12H2,1H3. The number of nitrogens with zero attached hydrogens (tertiary/aromatic N) is 2. The van der Waals surface area contributed by atoms with Gasteiger partial charge < -0.3 is 4.42 Å². The van der Waals surface area contributed by atoms with Gasteiger partial charge in [0.15, 0.2) is 5.76 Å². The minimum absolute atomic E-state index is 0.149. The molecule has 0 fully saturated rings. The molecule has 3 aromatic rings. The number of carbonyl (C=O) groups is 1. The highest BCUT2D eigenvalue weighted by Gasteiger charge is 2.06. The zero-order chi connectivity index (χ0) is 15.4. The minimum atomic E-state index is -0.149. The predicted octanol–water partition coefficient (Wildman–Crippen LogP) is 3.73. The number of rotatable bonds is 5.